The third kappa shape index (κ3) is 2.62. The maximum absolute atomic E-state index is 11.6. The molecule has 0 unspecified atom stereocenters. The molecule has 5 heteroatoms. The molecule has 1 heterocycles. The van der Waals surface area contributed by atoms with E-state index in [1.165, 1.54) is 11.5 Å². The smallest absolute Gasteiger partial charge is 0.164 e. The molecule has 0 fully saturated rings. The highest BCUT2D eigenvalue weighted by molar-refractivity contribution is 9.10. The second kappa shape index (κ2) is 5.20. The average Bonchev–Trinajstić information content (AvgIpc) is 2.65. The van der Waals surface area contributed by atoms with Crippen molar-refractivity contribution in [2.45, 2.75) is 20.8 Å². The van der Waals surface area contributed by atoms with Crippen molar-refractivity contribution in [3.8, 4) is 0 Å². The Morgan fingerprint density at radius 1 is 1.39 bits per heavy atom. The third-order valence-electron chi connectivity index (χ3n) is 2.63. The molecule has 0 bridgehead atoms. The number of ketones is 1. The fourth-order valence-corrected chi connectivity index (χ4v) is 2.84. The number of rotatable bonds is 3. The fourth-order valence-electron chi connectivity index (χ4n) is 1.72. The minimum atomic E-state index is 0.0394. The largest absolute Gasteiger partial charge is 0.345 e. The summed E-state index contributed by atoms with van der Waals surface area (Å²) in [5, 5.41) is 4.06. The minimum Gasteiger partial charge on any atom is -0.345 e. The summed E-state index contributed by atoms with van der Waals surface area (Å²) in [6, 6.07) is 5.98. The summed E-state index contributed by atoms with van der Waals surface area (Å²) in [4.78, 5) is 11.6. The summed E-state index contributed by atoms with van der Waals surface area (Å²) in [5.41, 5.74) is 3.57. The lowest BCUT2D eigenvalue weighted by atomic mass is 10.1. The van der Waals surface area contributed by atoms with Crippen LogP contribution in [0.25, 0.3) is 0 Å². The molecule has 0 atom stereocenters. The summed E-state index contributed by atoms with van der Waals surface area (Å²) in [6.45, 7) is 5.44. The van der Waals surface area contributed by atoms with Crippen LogP contribution in [-0.2, 0) is 0 Å². The lowest BCUT2D eigenvalue weighted by Crippen LogP contribution is -1.98. The van der Waals surface area contributed by atoms with Crippen LogP contribution in [0.2, 0.25) is 0 Å². The van der Waals surface area contributed by atoms with Crippen LogP contribution in [0, 0.1) is 13.8 Å². The summed E-state index contributed by atoms with van der Waals surface area (Å²) >= 11 is 4.78. The SMILES string of the molecule is CC(=O)c1c(C)nsc1Nc1ccc(Br)c(C)c1. The van der Waals surface area contributed by atoms with Gasteiger partial charge in [0.1, 0.15) is 5.00 Å². The van der Waals surface area contributed by atoms with E-state index in [0.29, 0.717) is 5.56 Å². The monoisotopic (exact) mass is 324 g/mol. The second-order valence-corrected chi connectivity index (χ2v) is 5.74. The van der Waals surface area contributed by atoms with E-state index in [1.807, 2.05) is 32.0 Å². The van der Waals surface area contributed by atoms with Gasteiger partial charge in [0.2, 0.25) is 0 Å². The summed E-state index contributed by atoms with van der Waals surface area (Å²) < 4.78 is 5.29. The topological polar surface area (TPSA) is 42.0 Å². The van der Waals surface area contributed by atoms with Crippen molar-refractivity contribution in [2.24, 2.45) is 0 Å². The number of carbonyl (C=O) groups excluding carboxylic acids is 1. The standard InChI is InChI=1S/C13H13BrN2OS/c1-7-6-10(4-5-11(7)14)15-13-12(9(3)17)8(2)16-18-13/h4-6,15H,1-3H3. The van der Waals surface area contributed by atoms with Gasteiger partial charge in [-0.15, -0.1) is 0 Å². The van der Waals surface area contributed by atoms with E-state index in [4.69, 9.17) is 0 Å². The zero-order chi connectivity index (χ0) is 13.3. The zero-order valence-corrected chi connectivity index (χ0v) is 12.8. The third-order valence-corrected chi connectivity index (χ3v) is 4.37. The van der Waals surface area contributed by atoms with Crippen LogP contribution in [0.5, 0.6) is 0 Å². The highest BCUT2D eigenvalue weighted by Crippen LogP contribution is 2.29. The molecule has 2 rings (SSSR count). The zero-order valence-electron chi connectivity index (χ0n) is 10.4. The molecule has 1 aromatic heterocycles. The number of carbonyl (C=O) groups is 1. The molecular weight excluding hydrogens is 312 g/mol. The van der Waals surface area contributed by atoms with E-state index < -0.39 is 0 Å². The van der Waals surface area contributed by atoms with E-state index in [0.717, 1.165) is 26.4 Å². The predicted molar refractivity (Wildman–Crippen MR) is 79.0 cm³/mol. The van der Waals surface area contributed by atoms with Crippen LogP contribution in [0.1, 0.15) is 28.5 Å². The second-order valence-electron chi connectivity index (χ2n) is 4.12. The van der Waals surface area contributed by atoms with Crippen molar-refractivity contribution in [3.63, 3.8) is 0 Å². The Bertz CT molecular complexity index is 607. The van der Waals surface area contributed by atoms with Gasteiger partial charge < -0.3 is 5.32 Å². The van der Waals surface area contributed by atoms with Crippen molar-refractivity contribution in [1.82, 2.24) is 4.37 Å². The minimum absolute atomic E-state index is 0.0394. The number of aromatic nitrogens is 1. The van der Waals surface area contributed by atoms with Crippen molar-refractivity contribution in [3.05, 3.63) is 39.5 Å². The number of hydrogen-bond donors (Lipinski definition) is 1. The molecule has 0 aliphatic heterocycles. The summed E-state index contributed by atoms with van der Waals surface area (Å²) in [7, 11) is 0. The van der Waals surface area contributed by atoms with Gasteiger partial charge in [-0.25, -0.2) is 0 Å². The molecule has 0 aliphatic rings. The number of aryl methyl sites for hydroxylation is 2. The lowest BCUT2D eigenvalue weighted by Gasteiger charge is -2.07. The Balaban J connectivity index is 2.34. The number of nitrogens with zero attached hydrogens (tertiary/aromatic N) is 1. The molecular formula is C13H13BrN2OS. The van der Waals surface area contributed by atoms with E-state index >= 15 is 0 Å². The number of halogens is 1. The number of benzene rings is 1. The van der Waals surface area contributed by atoms with Crippen LogP contribution in [0.3, 0.4) is 0 Å². The Kier molecular flexibility index (Phi) is 3.82. The first kappa shape index (κ1) is 13.2. The quantitative estimate of drug-likeness (QED) is 0.847. The maximum atomic E-state index is 11.6. The molecule has 1 N–H and O–H groups in total. The normalized spacial score (nSPS) is 10.4. The highest BCUT2D eigenvalue weighted by Gasteiger charge is 2.14. The molecule has 94 valence electrons. The van der Waals surface area contributed by atoms with Crippen LogP contribution in [-0.4, -0.2) is 10.2 Å². The van der Waals surface area contributed by atoms with Crippen LogP contribution in [0.4, 0.5) is 10.7 Å². The van der Waals surface area contributed by atoms with Gasteiger partial charge in [-0.2, -0.15) is 4.37 Å². The highest BCUT2D eigenvalue weighted by atomic mass is 79.9. The summed E-state index contributed by atoms with van der Waals surface area (Å²) in [5.74, 6) is 0.0394. The first-order valence-corrected chi connectivity index (χ1v) is 7.06. The lowest BCUT2D eigenvalue weighted by molar-refractivity contribution is 0.101. The Hall–Kier alpha value is -1.20. The predicted octanol–water partition coefficient (Wildman–Crippen LogP) is 4.47. The molecule has 0 spiro atoms. The van der Waals surface area contributed by atoms with Gasteiger partial charge in [-0.3, -0.25) is 4.79 Å². The molecule has 0 saturated carbocycles. The first-order chi connectivity index (χ1) is 8.49. The Labute approximate surface area is 119 Å². The van der Waals surface area contributed by atoms with Crippen molar-refractivity contribution < 1.29 is 4.79 Å². The van der Waals surface area contributed by atoms with E-state index in [-0.39, 0.29) is 5.78 Å². The van der Waals surface area contributed by atoms with E-state index in [2.05, 4.69) is 25.6 Å². The van der Waals surface area contributed by atoms with Gasteiger partial charge in [-0.05, 0) is 56.1 Å². The Morgan fingerprint density at radius 3 is 2.72 bits per heavy atom. The number of Topliss-reactive ketones (excluding diaryl/α,β-unsaturated/α-hetero) is 1. The first-order valence-electron chi connectivity index (χ1n) is 5.49. The van der Waals surface area contributed by atoms with Gasteiger partial charge in [0.25, 0.3) is 0 Å². The molecule has 0 aliphatic carbocycles. The molecule has 0 amide bonds. The van der Waals surface area contributed by atoms with Gasteiger partial charge >= 0.3 is 0 Å². The van der Waals surface area contributed by atoms with Gasteiger partial charge in [-0.1, -0.05) is 15.9 Å². The van der Waals surface area contributed by atoms with Crippen LogP contribution in [0.15, 0.2) is 22.7 Å². The number of nitrogens with one attached hydrogen (secondary N) is 1. The van der Waals surface area contributed by atoms with Gasteiger partial charge in [0.15, 0.2) is 5.78 Å². The van der Waals surface area contributed by atoms with E-state index in [1.54, 1.807) is 6.92 Å². The number of anilines is 2. The number of hydrogen-bond acceptors (Lipinski definition) is 4. The van der Waals surface area contributed by atoms with Crippen molar-refractivity contribution in [1.29, 1.82) is 0 Å². The van der Waals surface area contributed by atoms with Crippen LogP contribution < -0.4 is 5.32 Å². The van der Waals surface area contributed by atoms with Gasteiger partial charge in [0.05, 0.1) is 11.3 Å². The summed E-state index contributed by atoms with van der Waals surface area (Å²) in [6.07, 6.45) is 0. The maximum Gasteiger partial charge on any atom is 0.164 e. The molecule has 1 aromatic carbocycles. The van der Waals surface area contributed by atoms with Gasteiger partial charge in [0, 0.05) is 10.2 Å². The van der Waals surface area contributed by atoms with E-state index in [9.17, 15) is 4.79 Å². The molecule has 3 nitrogen and oxygen atoms in total. The molecule has 2 aromatic rings. The average molecular weight is 325 g/mol. The molecule has 18 heavy (non-hydrogen) atoms. The van der Waals surface area contributed by atoms with Crippen LogP contribution >= 0.6 is 27.5 Å². The molecule has 0 saturated heterocycles. The Morgan fingerprint density at radius 2 is 2.11 bits per heavy atom. The fraction of sp³-hybridized carbons (Fsp3) is 0.231. The van der Waals surface area contributed by atoms with Crippen molar-refractivity contribution >= 4 is 43.9 Å². The van der Waals surface area contributed by atoms with Crippen molar-refractivity contribution in [2.75, 3.05) is 5.32 Å². The molecule has 0 radical (unpaired) electrons.